The van der Waals surface area contributed by atoms with Gasteiger partial charge >= 0.3 is 37.9 Å². The average molecular weight is 514 g/mol. The summed E-state index contributed by atoms with van der Waals surface area (Å²) in [6, 6.07) is 29.0. The van der Waals surface area contributed by atoms with E-state index < -0.39 is 20.8 Å². The van der Waals surface area contributed by atoms with Crippen LogP contribution in [0.2, 0.25) is 0 Å². The predicted octanol–water partition coefficient (Wildman–Crippen LogP) is 9.13. The third kappa shape index (κ3) is 5.13. The second-order valence-corrected chi connectivity index (χ2v) is 12.2. The average Bonchev–Trinajstić information content (AvgIpc) is 3.19. The molecule has 4 aromatic rings. The van der Waals surface area contributed by atoms with Gasteiger partial charge in [0.25, 0.3) is 0 Å². The molecule has 0 saturated heterocycles. The van der Waals surface area contributed by atoms with E-state index in [0.717, 1.165) is 6.42 Å². The fraction of sp³-hybridized carbons (Fsp3) is 0.222. The van der Waals surface area contributed by atoms with Crippen LogP contribution in [0.1, 0.15) is 38.8 Å². The van der Waals surface area contributed by atoms with Crippen molar-refractivity contribution in [2.24, 2.45) is 0 Å². The molecule has 0 saturated carbocycles. The van der Waals surface area contributed by atoms with Gasteiger partial charge < -0.3 is 0 Å². The monoisotopic (exact) mass is 511 g/mol. The van der Waals surface area contributed by atoms with Gasteiger partial charge in [0.05, 0.1) is 0 Å². The molecule has 0 amide bonds. The molecular weight excluding hydrogens is 486 g/mol. The van der Waals surface area contributed by atoms with Crippen molar-refractivity contribution in [2.75, 3.05) is 0 Å². The van der Waals surface area contributed by atoms with Gasteiger partial charge in [-0.1, -0.05) is 93.9 Å². The van der Waals surface area contributed by atoms with E-state index in [9.17, 15) is 0 Å². The van der Waals surface area contributed by atoms with E-state index in [-0.39, 0.29) is 5.41 Å². The molecule has 154 valence electrons. The van der Waals surface area contributed by atoms with Crippen LogP contribution in [0, 0.1) is 0 Å². The standard InChI is InChI=1S/C27H27.2ClH.Zr/c1-5-19-11-9-10-14-23(19)26-24(20-12-7-6-8-13-20)16-15-21-17-22(18-25(21)26)27(2,3)4;;;/h6-18H,5H2,1-4H3;2*1H;/q-1;;;+2/p-2. The summed E-state index contributed by atoms with van der Waals surface area (Å²) in [6.07, 6.45) is 1.04. The summed E-state index contributed by atoms with van der Waals surface area (Å²) >= 11 is -0.826. The summed E-state index contributed by atoms with van der Waals surface area (Å²) < 4.78 is 0. The van der Waals surface area contributed by atoms with Crippen LogP contribution in [-0.4, -0.2) is 0 Å². The van der Waals surface area contributed by atoms with E-state index in [1.165, 1.54) is 44.2 Å². The minimum absolute atomic E-state index is 0.146. The Labute approximate surface area is 199 Å². The first-order valence-corrected chi connectivity index (χ1v) is 16.6. The molecule has 0 atom stereocenters. The Morgan fingerprint density at radius 2 is 1.47 bits per heavy atom. The normalized spacial score (nSPS) is 11.1. The van der Waals surface area contributed by atoms with Gasteiger partial charge in [0, 0.05) is 0 Å². The summed E-state index contributed by atoms with van der Waals surface area (Å²) in [6.45, 7) is 9.11. The molecule has 0 nitrogen and oxygen atoms in total. The van der Waals surface area contributed by atoms with Gasteiger partial charge in [0.15, 0.2) is 0 Å². The fourth-order valence-electron chi connectivity index (χ4n) is 3.94. The van der Waals surface area contributed by atoms with Gasteiger partial charge in [0.1, 0.15) is 0 Å². The van der Waals surface area contributed by atoms with Crippen molar-refractivity contribution < 1.29 is 20.8 Å². The third-order valence-electron chi connectivity index (χ3n) is 5.51. The Bertz CT molecular complexity index is 1100. The first kappa shape index (κ1) is 23.4. The Morgan fingerprint density at radius 3 is 2.10 bits per heavy atom. The second-order valence-electron chi connectivity index (χ2n) is 8.43. The number of rotatable bonds is 3. The number of halogens is 2. The van der Waals surface area contributed by atoms with Crippen molar-refractivity contribution in [1.82, 2.24) is 0 Å². The zero-order valence-corrected chi connectivity index (χ0v) is 21.9. The van der Waals surface area contributed by atoms with E-state index in [4.69, 9.17) is 17.0 Å². The number of benzene rings is 3. The van der Waals surface area contributed by atoms with Gasteiger partial charge in [0.2, 0.25) is 0 Å². The van der Waals surface area contributed by atoms with Crippen LogP contribution >= 0.6 is 17.0 Å². The van der Waals surface area contributed by atoms with E-state index in [0.29, 0.717) is 0 Å². The Hall–Kier alpha value is -1.27. The van der Waals surface area contributed by atoms with Crippen molar-refractivity contribution in [3.8, 4) is 22.3 Å². The van der Waals surface area contributed by atoms with Crippen LogP contribution < -0.4 is 0 Å². The maximum absolute atomic E-state index is 4.93. The van der Waals surface area contributed by atoms with E-state index in [1.54, 1.807) is 0 Å². The van der Waals surface area contributed by atoms with Gasteiger partial charge in [-0.15, -0.1) is 28.5 Å². The Balaban J connectivity index is 0.000000806. The first-order valence-electron chi connectivity index (χ1n) is 10.2. The number of hydrogen-bond donors (Lipinski definition) is 0. The zero-order chi connectivity index (χ0) is 21.7. The van der Waals surface area contributed by atoms with Crippen LogP contribution in [0.25, 0.3) is 33.0 Å². The zero-order valence-electron chi connectivity index (χ0n) is 18.0. The molecule has 3 heteroatoms. The van der Waals surface area contributed by atoms with E-state index in [1.807, 2.05) is 0 Å². The molecule has 0 aromatic heterocycles. The van der Waals surface area contributed by atoms with Gasteiger partial charge in [-0.05, 0) is 34.1 Å². The quantitative estimate of drug-likeness (QED) is 0.240. The van der Waals surface area contributed by atoms with Gasteiger partial charge in [-0.25, -0.2) is 0 Å². The SMILES string of the molecule is CCc1ccccc1-c1c(-c2ccccc2)ccc2[cH-]c(C(C)(C)C)cc12.[Cl][Zr][Cl]. The topological polar surface area (TPSA) is 0 Å². The number of aryl methyl sites for hydroxylation is 1. The van der Waals surface area contributed by atoms with Crippen molar-refractivity contribution in [1.29, 1.82) is 0 Å². The molecule has 0 aliphatic rings. The van der Waals surface area contributed by atoms with Crippen LogP contribution in [-0.2, 0) is 32.7 Å². The fourth-order valence-corrected chi connectivity index (χ4v) is 3.94. The van der Waals surface area contributed by atoms with Crippen LogP contribution in [0.5, 0.6) is 0 Å². The minimum atomic E-state index is -0.826. The van der Waals surface area contributed by atoms with Crippen molar-refractivity contribution in [2.45, 2.75) is 39.5 Å². The maximum atomic E-state index is 4.93. The molecule has 0 spiro atoms. The van der Waals surface area contributed by atoms with E-state index >= 15 is 0 Å². The molecule has 0 bridgehead atoms. The molecule has 0 radical (unpaired) electrons. The van der Waals surface area contributed by atoms with E-state index in [2.05, 4.69) is 107 Å². The molecular formula is C27H27Cl2Zr-. The molecule has 0 aliphatic carbocycles. The van der Waals surface area contributed by atoms with Crippen molar-refractivity contribution in [3.63, 3.8) is 0 Å². The third-order valence-corrected chi connectivity index (χ3v) is 5.51. The number of hydrogen-bond acceptors (Lipinski definition) is 0. The summed E-state index contributed by atoms with van der Waals surface area (Å²) in [7, 11) is 9.87. The van der Waals surface area contributed by atoms with Crippen LogP contribution in [0.4, 0.5) is 0 Å². The molecule has 4 rings (SSSR count). The molecule has 0 fully saturated rings. The predicted molar refractivity (Wildman–Crippen MR) is 130 cm³/mol. The second kappa shape index (κ2) is 10.4. The summed E-state index contributed by atoms with van der Waals surface area (Å²) in [5.41, 5.74) is 8.27. The van der Waals surface area contributed by atoms with Gasteiger partial charge in [-0.3, -0.25) is 0 Å². The summed E-state index contributed by atoms with van der Waals surface area (Å²) in [4.78, 5) is 0. The van der Waals surface area contributed by atoms with Crippen LogP contribution in [0.15, 0.2) is 78.9 Å². The van der Waals surface area contributed by atoms with Crippen molar-refractivity contribution in [3.05, 3.63) is 90.0 Å². The first-order chi connectivity index (χ1) is 14.4. The Kier molecular flexibility index (Phi) is 8.08. The molecule has 30 heavy (non-hydrogen) atoms. The van der Waals surface area contributed by atoms with Gasteiger partial charge in [-0.2, -0.15) is 6.07 Å². The number of fused-ring (bicyclic) bond motifs is 1. The summed E-state index contributed by atoms with van der Waals surface area (Å²) in [5.74, 6) is 0. The molecule has 0 N–H and O–H groups in total. The molecule has 0 aliphatic heterocycles. The Morgan fingerprint density at radius 1 is 0.833 bits per heavy atom. The van der Waals surface area contributed by atoms with Crippen LogP contribution in [0.3, 0.4) is 0 Å². The molecule has 4 aromatic carbocycles. The summed E-state index contributed by atoms with van der Waals surface area (Å²) in [5, 5.41) is 2.70. The molecule has 0 unspecified atom stereocenters. The van der Waals surface area contributed by atoms with Crippen molar-refractivity contribution >= 4 is 27.8 Å². The molecule has 0 heterocycles.